The van der Waals surface area contributed by atoms with Crippen molar-refractivity contribution in [2.24, 2.45) is 5.92 Å². The monoisotopic (exact) mass is 379 g/mol. The summed E-state index contributed by atoms with van der Waals surface area (Å²) in [4.78, 5) is 34.9. The standard InChI is InChI=1S/C20H21N5O3/c26-20(14-5-3-1-2-4-6-14)24-18-11-16-17(12-21-18)23-19(22-16)13-7-9-15(10-8-13)25(27)28/h7-12,14H,1-6H2,(H,22,23)(H,21,24,26). The lowest BCUT2D eigenvalue weighted by atomic mass is 9.99. The molecule has 144 valence electrons. The second-order valence-electron chi connectivity index (χ2n) is 7.15. The molecule has 0 unspecified atom stereocenters. The number of imidazole rings is 1. The van der Waals surface area contributed by atoms with Crippen LogP contribution in [0.1, 0.15) is 38.5 Å². The lowest BCUT2D eigenvalue weighted by Crippen LogP contribution is -2.22. The Hall–Kier alpha value is -3.29. The molecule has 0 saturated heterocycles. The van der Waals surface area contributed by atoms with Crippen molar-refractivity contribution in [3.8, 4) is 11.4 Å². The number of anilines is 1. The Balaban J connectivity index is 1.52. The Morgan fingerprint density at radius 2 is 1.86 bits per heavy atom. The number of fused-ring (bicyclic) bond motifs is 1. The Bertz CT molecular complexity index is 1000. The van der Waals surface area contributed by atoms with Gasteiger partial charge in [0.2, 0.25) is 5.91 Å². The first-order valence-corrected chi connectivity index (χ1v) is 9.51. The Morgan fingerprint density at radius 1 is 1.14 bits per heavy atom. The van der Waals surface area contributed by atoms with Crippen molar-refractivity contribution >= 4 is 28.4 Å². The van der Waals surface area contributed by atoms with Gasteiger partial charge in [-0.2, -0.15) is 0 Å². The molecule has 2 heterocycles. The zero-order valence-electron chi connectivity index (χ0n) is 15.4. The summed E-state index contributed by atoms with van der Waals surface area (Å²) < 4.78 is 0. The number of nitro groups is 1. The molecule has 8 nitrogen and oxygen atoms in total. The molecule has 2 N–H and O–H groups in total. The molecule has 1 fully saturated rings. The van der Waals surface area contributed by atoms with Gasteiger partial charge in [-0.05, 0) is 25.0 Å². The van der Waals surface area contributed by atoms with Gasteiger partial charge in [0.15, 0.2) is 0 Å². The number of pyridine rings is 1. The number of non-ortho nitro benzene ring substituents is 1. The third-order valence-electron chi connectivity index (χ3n) is 5.20. The first-order valence-electron chi connectivity index (χ1n) is 9.51. The number of benzene rings is 1. The third kappa shape index (κ3) is 3.85. The van der Waals surface area contributed by atoms with Gasteiger partial charge in [-0.25, -0.2) is 9.97 Å². The zero-order valence-corrected chi connectivity index (χ0v) is 15.4. The van der Waals surface area contributed by atoms with Crippen LogP contribution in [-0.4, -0.2) is 25.8 Å². The van der Waals surface area contributed by atoms with E-state index in [1.807, 2.05) is 0 Å². The van der Waals surface area contributed by atoms with Crippen molar-refractivity contribution in [2.45, 2.75) is 38.5 Å². The molecular weight excluding hydrogens is 358 g/mol. The van der Waals surface area contributed by atoms with Gasteiger partial charge in [0, 0.05) is 29.7 Å². The number of aromatic nitrogens is 3. The van der Waals surface area contributed by atoms with E-state index in [2.05, 4.69) is 20.3 Å². The summed E-state index contributed by atoms with van der Waals surface area (Å²) in [5, 5.41) is 13.7. The fourth-order valence-electron chi connectivity index (χ4n) is 3.63. The summed E-state index contributed by atoms with van der Waals surface area (Å²) in [7, 11) is 0. The lowest BCUT2D eigenvalue weighted by molar-refractivity contribution is -0.384. The van der Waals surface area contributed by atoms with Crippen LogP contribution in [0, 0.1) is 16.0 Å². The summed E-state index contributed by atoms with van der Waals surface area (Å²) in [6.45, 7) is 0. The van der Waals surface area contributed by atoms with E-state index in [1.54, 1.807) is 24.4 Å². The van der Waals surface area contributed by atoms with Gasteiger partial charge >= 0.3 is 0 Å². The van der Waals surface area contributed by atoms with E-state index in [9.17, 15) is 14.9 Å². The number of amides is 1. The quantitative estimate of drug-likeness (QED) is 0.395. The normalized spacial score (nSPS) is 15.3. The summed E-state index contributed by atoms with van der Waals surface area (Å²) in [6.07, 6.45) is 8.10. The van der Waals surface area contributed by atoms with E-state index in [1.165, 1.54) is 25.0 Å². The van der Waals surface area contributed by atoms with Gasteiger partial charge in [0.25, 0.3) is 5.69 Å². The molecule has 0 spiro atoms. The number of carbonyl (C=O) groups is 1. The second kappa shape index (κ2) is 7.75. The highest BCUT2D eigenvalue weighted by molar-refractivity contribution is 5.93. The van der Waals surface area contributed by atoms with E-state index in [4.69, 9.17) is 0 Å². The van der Waals surface area contributed by atoms with Crippen LogP contribution in [0.25, 0.3) is 22.4 Å². The van der Waals surface area contributed by atoms with Gasteiger partial charge in [0.1, 0.15) is 11.6 Å². The maximum atomic E-state index is 12.5. The van der Waals surface area contributed by atoms with Crippen molar-refractivity contribution in [1.29, 1.82) is 0 Å². The van der Waals surface area contributed by atoms with Gasteiger partial charge in [-0.3, -0.25) is 14.9 Å². The molecule has 28 heavy (non-hydrogen) atoms. The largest absolute Gasteiger partial charge is 0.337 e. The summed E-state index contributed by atoms with van der Waals surface area (Å²) in [5.74, 6) is 1.16. The van der Waals surface area contributed by atoms with Crippen LogP contribution < -0.4 is 5.32 Å². The molecule has 0 radical (unpaired) electrons. The Kier molecular flexibility index (Phi) is 5.01. The fourth-order valence-corrected chi connectivity index (χ4v) is 3.63. The van der Waals surface area contributed by atoms with Gasteiger partial charge in [0.05, 0.1) is 22.2 Å². The number of aromatic amines is 1. The fraction of sp³-hybridized carbons (Fsp3) is 0.350. The SMILES string of the molecule is O=C(Nc1cc2nc(-c3ccc([N+](=O)[O-])cc3)[nH]c2cn1)C1CCCCCC1. The van der Waals surface area contributed by atoms with Crippen molar-refractivity contribution in [1.82, 2.24) is 15.0 Å². The third-order valence-corrected chi connectivity index (χ3v) is 5.20. The first-order chi connectivity index (χ1) is 13.6. The highest BCUT2D eigenvalue weighted by atomic mass is 16.6. The molecule has 0 atom stereocenters. The van der Waals surface area contributed by atoms with E-state index in [-0.39, 0.29) is 17.5 Å². The van der Waals surface area contributed by atoms with Gasteiger partial charge < -0.3 is 10.3 Å². The highest BCUT2D eigenvalue weighted by Crippen LogP contribution is 2.26. The molecule has 1 saturated carbocycles. The molecule has 1 aromatic carbocycles. The minimum absolute atomic E-state index is 0.0277. The number of carbonyl (C=O) groups excluding carboxylic acids is 1. The summed E-state index contributed by atoms with van der Waals surface area (Å²) in [6, 6.07) is 7.93. The van der Waals surface area contributed by atoms with Crippen LogP contribution in [0.5, 0.6) is 0 Å². The number of hydrogen-bond donors (Lipinski definition) is 2. The molecule has 0 aliphatic heterocycles. The molecule has 4 rings (SSSR count). The maximum absolute atomic E-state index is 12.5. The van der Waals surface area contributed by atoms with Crippen molar-refractivity contribution < 1.29 is 9.72 Å². The molecule has 1 aliphatic rings. The van der Waals surface area contributed by atoms with E-state index >= 15 is 0 Å². The first kappa shape index (κ1) is 18.1. The van der Waals surface area contributed by atoms with Crippen LogP contribution in [0.4, 0.5) is 11.5 Å². The second-order valence-corrected chi connectivity index (χ2v) is 7.15. The Morgan fingerprint density at radius 3 is 2.54 bits per heavy atom. The molecule has 3 aromatic rings. The molecule has 1 amide bonds. The average Bonchev–Trinajstić information content (AvgIpc) is 2.92. The van der Waals surface area contributed by atoms with Crippen molar-refractivity contribution in [3.05, 3.63) is 46.6 Å². The van der Waals surface area contributed by atoms with Crippen molar-refractivity contribution in [2.75, 3.05) is 5.32 Å². The maximum Gasteiger partial charge on any atom is 0.269 e. The minimum Gasteiger partial charge on any atom is -0.337 e. The Labute approximate surface area is 161 Å². The molecule has 8 heteroatoms. The van der Waals surface area contributed by atoms with Crippen LogP contribution in [0.15, 0.2) is 36.5 Å². The predicted octanol–water partition coefficient (Wildman–Crippen LogP) is 4.44. The van der Waals surface area contributed by atoms with Crippen LogP contribution in [0.3, 0.4) is 0 Å². The van der Waals surface area contributed by atoms with E-state index in [0.29, 0.717) is 17.2 Å². The van der Waals surface area contributed by atoms with Crippen molar-refractivity contribution in [3.63, 3.8) is 0 Å². The number of nitrogens with zero attached hydrogens (tertiary/aromatic N) is 3. The molecule has 1 aliphatic carbocycles. The van der Waals surface area contributed by atoms with Gasteiger partial charge in [-0.1, -0.05) is 25.7 Å². The minimum atomic E-state index is -0.435. The highest BCUT2D eigenvalue weighted by Gasteiger charge is 2.20. The zero-order chi connectivity index (χ0) is 19.5. The average molecular weight is 379 g/mol. The summed E-state index contributed by atoms with van der Waals surface area (Å²) >= 11 is 0. The topological polar surface area (TPSA) is 114 Å². The predicted molar refractivity (Wildman–Crippen MR) is 106 cm³/mol. The number of nitro benzene ring substituents is 1. The van der Waals surface area contributed by atoms with Crippen LogP contribution in [0.2, 0.25) is 0 Å². The number of rotatable bonds is 4. The lowest BCUT2D eigenvalue weighted by Gasteiger charge is -2.13. The van der Waals surface area contributed by atoms with Crippen LogP contribution in [-0.2, 0) is 4.79 Å². The molecule has 0 bridgehead atoms. The van der Waals surface area contributed by atoms with E-state index < -0.39 is 4.92 Å². The van der Waals surface area contributed by atoms with E-state index in [0.717, 1.165) is 36.8 Å². The van der Waals surface area contributed by atoms with Crippen LogP contribution >= 0.6 is 0 Å². The number of hydrogen-bond acceptors (Lipinski definition) is 5. The number of H-pyrrole nitrogens is 1. The summed E-state index contributed by atoms with van der Waals surface area (Å²) in [5.41, 5.74) is 2.19. The molecule has 2 aromatic heterocycles. The number of nitrogens with one attached hydrogen (secondary N) is 2. The molecular formula is C20H21N5O3. The smallest absolute Gasteiger partial charge is 0.269 e. The van der Waals surface area contributed by atoms with Gasteiger partial charge in [-0.15, -0.1) is 0 Å².